The summed E-state index contributed by atoms with van der Waals surface area (Å²) >= 11 is 0. The monoisotopic (exact) mass is 874 g/mol. The summed E-state index contributed by atoms with van der Waals surface area (Å²) in [6, 6.07) is 81.8. The summed E-state index contributed by atoms with van der Waals surface area (Å²) in [6.45, 7) is 14.1. The van der Waals surface area contributed by atoms with Gasteiger partial charge in [0.15, 0.2) is 0 Å². The molecule has 0 amide bonds. The second-order valence-electron chi connectivity index (χ2n) is 20.6. The summed E-state index contributed by atoms with van der Waals surface area (Å²) in [5.74, 6) is 0. The molecule has 0 aliphatic heterocycles. The number of anilines is 6. The third-order valence-corrected chi connectivity index (χ3v) is 14.2. The summed E-state index contributed by atoms with van der Waals surface area (Å²) in [6.07, 6.45) is 0. The summed E-state index contributed by atoms with van der Waals surface area (Å²) in [4.78, 5) is 5.17. The number of rotatable bonds is 6. The summed E-state index contributed by atoms with van der Waals surface area (Å²) in [7, 11) is 0. The van der Waals surface area contributed by atoms with Gasteiger partial charge < -0.3 is 9.80 Å². The van der Waals surface area contributed by atoms with Gasteiger partial charge in [-0.15, -0.1) is 0 Å². The molecule has 0 saturated carbocycles. The average Bonchev–Trinajstić information content (AvgIpc) is 3.36. The Bertz CT molecular complexity index is 3950. The van der Waals surface area contributed by atoms with Gasteiger partial charge in [-0.05, 0) is 125 Å². The van der Waals surface area contributed by atoms with Crippen LogP contribution in [0.2, 0.25) is 0 Å². The van der Waals surface area contributed by atoms with Gasteiger partial charge in [-0.2, -0.15) is 0 Å². The first kappa shape index (κ1) is 41.5. The van der Waals surface area contributed by atoms with E-state index in [0.717, 1.165) is 34.1 Å². The minimum atomic E-state index is -0.192. The Morgan fingerprint density at radius 2 is 0.632 bits per heavy atom. The Balaban J connectivity index is 1.27. The van der Waals surface area contributed by atoms with Crippen molar-refractivity contribution in [1.29, 1.82) is 0 Å². The predicted octanol–water partition coefficient (Wildman–Crippen LogP) is 19.3. The molecule has 0 unspecified atom stereocenters. The van der Waals surface area contributed by atoms with E-state index in [1.807, 2.05) is 0 Å². The largest absolute Gasteiger partial charge is 0.309 e. The van der Waals surface area contributed by atoms with Gasteiger partial charge in [0.05, 0.1) is 28.4 Å². The molecule has 328 valence electrons. The van der Waals surface area contributed by atoms with Gasteiger partial charge in [0, 0.05) is 32.6 Å². The topological polar surface area (TPSA) is 6.48 Å². The van der Waals surface area contributed by atoms with Crippen molar-refractivity contribution < 1.29 is 0 Å². The molecule has 0 aromatic heterocycles. The van der Waals surface area contributed by atoms with E-state index in [0.29, 0.717) is 0 Å². The van der Waals surface area contributed by atoms with E-state index in [4.69, 9.17) is 0 Å². The quantitative estimate of drug-likeness (QED) is 0.154. The molecular weight excluding hydrogens is 821 g/mol. The van der Waals surface area contributed by atoms with Crippen LogP contribution < -0.4 is 9.80 Å². The van der Waals surface area contributed by atoms with Crippen LogP contribution in [0.15, 0.2) is 218 Å². The second kappa shape index (κ2) is 15.9. The Morgan fingerprint density at radius 1 is 0.235 bits per heavy atom. The van der Waals surface area contributed by atoms with E-state index < -0.39 is 0 Å². The van der Waals surface area contributed by atoms with Crippen molar-refractivity contribution in [2.45, 2.75) is 52.4 Å². The fourth-order valence-electron chi connectivity index (χ4n) is 10.6. The zero-order chi connectivity index (χ0) is 46.3. The molecule has 12 aromatic rings. The molecule has 0 aliphatic carbocycles. The van der Waals surface area contributed by atoms with Crippen LogP contribution in [-0.2, 0) is 10.8 Å². The average molecular weight is 875 g/mol. The summed E-state index contributed by atoms with van der Waals surface area (Å²) < 4.78 is 0. The van der Waals surface area contributed by atoms with Gasteiger partial charge in [-0.1, -0.05) is 205 Å². The van der Waals surface area contributed by atoms with Gasteiger partial charge in [0.2, 0.25) is 0 Å². The Morgan fingerprint density at radius 3 is 1.18 bits per heavy atom. The highest BCUT2D eigenvalue weighted by atomic mass is 15.2. The zero-order valence-corrected chi connectivity index (χ0v) is 39.7. The fourth-order valence-corrected chi connectivity index (χ4v) is 10.6. The maximum Gasteiger partial charge on any atom is 0.0546 e. The van der Waals surface area contributed by atoms with Crippen LogP contribution in [0.1, 0.15) is 52.7 Å². The molecule has 0 atom stereocenters. The number of benzene rings is 12. The fraction of sp³-hybridized carbons (Fsp3) is 0.121. The molecule has 12 rings (SSSR count). The minimum absolute atomic E-state index is 0.191. The van der Waals surface area contributed by atoms with E-state index in [2.05, 4.69) is 270 Å². The molecule has 0 spiro atoms. The first-order valence-corrected chi connectivity index (χ1v) is 24.0. The molecule has 0 heterocycles. The second-order valence-corrected chi connectivity index (χ2v) is 20.6. The molecule has 0 aliphatic rings. The van der Waals surface area contributed by atoms with Crippen molar-refractivity contribution in [3.8, 4) is 0 Å². The molecular formula is C66H54N2. The molecule has 0 saturated heterocycles. The lowest BCUT2D eigenvalue weighted by molar-refractivity contribution is 0.589. The van der Waals surface area contributed by atoms with Crippen LogP contribution >= 0.6 is 0 Å². The molecule has 68 heavy (non-hydrogen) atoms. The van der Waals surface area contributed by atoms with E-state index >= 15 is 0 Å². The van der Waals surface area contributed by atoms with Crippen LogP contribution in [0.4, 0.5) is 34.1 Å². The Kier molecular flexibility index (Phi) is 9.67. The number of hydrogen-bond donors (Lipinski definition) is 0. The van der Waals surface area contributed by atoms with E-state index in [-0.39, 0.29) is 10.8 Å². The van der Waals surface area contributed by atoms with Crippen LogP contribution in [0.5, 0.6) is 0 Å². The highest BCUT2D eigenvalue weighted by molar-refractivity contribution is 6.20. The molecule has 2 nitrogen and oxygen atoms in total. The smallest absolute Gasteiger partial charge is 0.0546 e. The standard InChI is InChI=1S/C66H54N2/c1-65(2,3)48-40-59-58(63(41-48)67(50-35-34-43-20-7-8-22-45(43)36-50)61-37-46-23-10-12-26-51(46)54-29-15-17-31-56(54)61)39-49(66(4,5)6)42-64(59)68(60-33-19-25-44-21-9-14-28-53(44)60)62-38-47-24-11-13-27-52(47)55-30-16-18-32-57(55)62/h7-42H,1-6H3. The normalized spacial score (nSPS) is 12.3. The van der Waals surface area contributed by atoms with Crippen molar-refractivity contribution in [1.82, 2.24) is 0 Å². The van der Waals surface area contributed by atoms with Gasteiger partial charge >= 0.3 is 0 Å². The van der Waals surface area contributed by atoms with Crippen LogP contribution in [0.3, 0.4) is 0 Å². The highest BCUT2D eigenvalue weighted by Crippen LogP contribution is 2.52. The molecule has 0 fully saturated rings. The van der Waals surface area contributed by atoms with Crippen LogP contribution in [0.25, 0.3) is 75.4 Å². The van der Waals surface area contributed by atoms with Gasteiger partial charge in [0.1, 0.15) is 0 Å². The minimum Gasteiger partial charge on any atom is -0.309 e. The Hall–Kier alpha value is -7.94. The Labute approximate surface area is 399 Å². The van der Waals surface area contributed by atoms with E-state index in [9.17, 15) is 0 Å². The number of hydrogen-bond acceptors (Lipinski definition) is 2. The molecule has 12 aromatic carbocycles. The predicted molar refractivity (Wildman–Crippen MR) is 296 cm³/mol. The van der Waals surface area contributed by atoms with Gasteiger partial charge in [-0.25, -0.2) is 0 Å². The molecule has 0 radical (unpaired) electrons. The van der Waals surface area contributed by atoms with E-state index in [1.165, 1.54) is 86.5 Å². The van der Waals surface area contributed by atoms with E-state index in [1.54, 1.807) is 0 Å². The summed E-state index contributed by atoms with van der Waals surface area (Å²) in [5.41, 5.74) is 9.01. The van der Waals surface area contributed by atoms with Gasteiger partial charge in [-0.3, -0.25) is 0 Å². The summed E-state index contributed by atoms with van der Waals surface area (Å²) in [5, 5.41) is 17.1. The number of fused-ring (bicyclic) bond motifs is 9. The first-order valence-electron chi connectivity index (χ1n) is 24.0. The number of nitrogens with zero attached hydrogens (tertiary/aromatic N) is 2. The van der Waals surface area contributed by atoms with Crippen molar-refractivity contribution in [2.75, 3.05) is 9.80 Å². The lowest BCUT2D eigenvalue weighted by Gasteiger charge is -2.35. The van der Waals surface area contributed by atoms with Crippen molar-refractivity contribution in [3.63, 3.8) is 0 Å². The van der Waals surface area contributed by atoms with Crippen molar-refractivity contribution in [3.05, 3.63) is 230 Å². The highest BCUT2D eigenvalue weighted by Gasteiger charge is 2.29. The lowest BCUT2D eigenvalue weighted by atomic mass is 9.81. The zero-order valence-electron chi connectivity index (χ0n) is 39.7. The first-order chi connectivity index (χ1) is 33.0. The van der Waals surface area contributed by atoms with Crippen LogP contribution in [-0.4, -0.2) is 0 Å². The lowest BCUT2D eigenvalue weighted by Crippen LogP contribution is -2.19. The third-order valence-electron chi connectivity index (χ3n) is 14.2. The molecule has 2 heteroatoms. The molecule has 0 bridgehead atoms. The van der Waals surface area contributed by atoms with Crippen molar-refractivity contribution in [2.24, 2.45) is 0 Å². The maximum atomic E-state index is 2.59. The van der Waals surface area contributed by atoms with Gasteiger partial charge in [0.25, 0.3) is 0 Å². The maximum absolute atomic E-state index is 2.59. The van der Waals surface area contributed by atoms with Crippen LogP contribution in [0, 0.1) is 0 Å². The third kappa shape index (κ3) is 6.94. The molecule has 0 N–H and O–H groups in total. The SMILES string of the molecule is CC(C)(C)c1cc(N(c2cccc3ccccc23)c2cc3ccccc3c3ccccc23)c2cc(C(C)(C)C)cc(N(c3ccc4ccccc4c3)c3cc4ccccc4c4ccccc34)c2c1. The van der Waals surface area contributed by atoms with Crippen molar-refractivity contribution >= 4 is 110 Å².